The quantitative estimate of drug-likeness (QED) is 0.650. The van der Waals surface area contributed by atoms with E-state index in [0.29, 0.717) is 0 Å². The highest BCUT2D eigenvalue weighted by atomic mass is 79.9. The molecule has 68 valence electrons. The van der Waals surface area contributed by atoms with E-state index >= 15 is 0 Å². The molecule has 0 spiro atoms. The maximum atomic E-state index is 5.32. The van der Waals surface area contributed by atoms with Crippen LogP contribution < -0.4 is 0 Å². The summed E-state index contributed by atoms with van der Waals surface area (Å²) in [4.78, 5) is 0. The van der Waals surface area contributed by atoms with Crippen LogP contribution in [0.4, 0.5) is 0 Å². The molecule has 0 aliphatic carbocycles. The summed E-state index contributed by atoms with van der Waals surface area (Å²) >= 11 is 3.46. The van der Waals surface area contributed by atoms with Gasteiger partial charge in [0.15, 0.2) is 0 Å². The molecule has 0 amide bonds. The molecular formula is C9H19BrO. The highest BCUT2D eigenvalue weighted by Crippen LogP contribution is 2.19. The molecule has 0 aromatic rings. The molecule has 0 heterocycles. The smallest absolute Gasteiger partial charge is 0.0622 e. The zero-order valence-electron chi connectivity index (χ0n) is 7.98. The Balaban J connectivity index is 3.52. The van der Waals surface area contributed by atoms with E-state index in [1.807, 2.05) is 0 Å². The van der Waals surface area contributed by atoms with Crippen LogP contribution in [0, 0.1) is 5.92 Å². The summed E-state index contributed by atoms with van der Waals surface area (Å²) in [6.07, 6.45) is 2.36. The first-order chi connectivity index (χ1) is 5.02. The summed E-state index contributed by atoms with van der Waals surface area (Å²) < 4.78 is 5.32. The minimum absolute atomic E-state index is 0.0520. The van der Waals surface area contributed by atoms with Crippen LogP contribution in [-0.2, 0) is 4.74 Å². The average molecular weight is 223 g/mol. The van der Waals surface area contributed by atoms with Crippen molar-refractivity contribution in [2.24, 2.45) is 5.92 Å². The number of rotatable bonds is 5. The second kappa shape index (κ2) is 5.15. The number of halogens is 1. The summed E-state index contributed by atoms with van der Waals surface area (Å²) in [5.41, 5.74) is 0.0520. The topological polar surface area (TPSA) is 9.23 Å². The predicted octanol–water partition coefficient (Wildman–Crippen LogP) is 3.22. The van der Waals surface area contributed by atoms with Gasteiger partial charge in [0.05, 0.1) is 5.60 Å². The highest BCUT2D eigenvalue weighted by Gasteiger charge is 2.16. The molecule has 0 aromatic carbocycles. The van der Waals surface area contributed by atoms with Crippen molar-refractivity contribution in [3.63, 3.8) is 0 Å². The molecule has 0 N–H and O–H groups in total. The molecule has 0 aliphatic rings. The minimum Gasteiger partial charge on any atom is -0.379 e. The molecule has 0 aromatic heterocycles. The Labute approximate surface area is 78.6 Å². The number of methoxy groups -OCH3 is 1. The van der Waals surface area contributed by atoms with Crippen molar-refractivity contribution in [3.05, 3.63) is 0 Å². The lowest BCUT2D eigenvalue weighted by atomic mass is 9.97. The maximum Gasteiger partial charge on any atom is 0.0622 e. The van der Waals surface area contributed by atoms with Crippen LogP contribution in [0.5, 0.6) is 0 Å². The summed E-state index contributed by atoms with van der Waals surface area (Å²) in [6.45, 7) is 6.52. The third-order valence-electron chi connectivity index (χ3n) is 2.06. The van der Waals surface area contributed by atoms with Gasteiger partial charge in [0.1, 0.15) is 0 Å². The third kappa shape index (κ3) is 5.68. The normalized spacial score (nSPS) is 15.0. The molecule has 2 heteroatoms. The van der Waals surface area contributed by atoms with E-state index in [1.165, 1.54) is 6.42 Å². The summed E-state index contributed by atoms with van der Waals surface area (Å²) in [5, 5.41) is 1.09. The Morgan fingerprint density at radius 3 is 2.36 bits per heavy atom. The third-order valence-corrected chi connectivity index (χ3v) is 3.16. The van der Waals surface area contributed by atoms with Crippen molar-refractivity contribution in [3.8, 4) is 0 Å². The standard InChI is InChI=1S/C9H19BrO/c1-8(7-10)5-6-9(2,3)11-4/h8H,5-7H2,1-4H3. The van der Waals surface area contributed by atoms with E-state index < -0.39 is 0 Å². The second-order valence-corrected chi connectivity index (χ2v) is 4.41. The van der Waals surface area contributed by atoms with E-state index in [-0.39, 0.29) is 5.60 Å². The van der Waals surface area contributed by atoms with E-state index in [1.54, 1.807) is 7.11 Å². The molecule has 11 heavy (non-hydrogen) atoms. The minimum atomic E-state index is 0.0520. The van der Waals surface area contributed by atoms with Gasteiger partial charge in [-0.3, -0.25) is 0 Å². The van der Waals surface area contributed by atoms with Gasteiger partial charge in [-0.05, 0) is 32.6 Å². The Hall–Kier alpha value is 0.440. The Kier molecular flexibility index (Phi) is 5.36. The Bertz CT molecular complexity index is 102. The van der Waals surface area contributed by atoms with Gasteiger partial charge in [-0.2, -0.15) is 0 Å². The fourth-order valence-corrected chi connectivity index (χ4v) is 1.10. The molecule has 0 saturated heterocycles. The van der Waals surface area contributed by atoms with Crippen molar-refractivity contribution in [1.82, 2.24) is 0 Å². The molecule has 0 rings (SSSR count). The zero-order chi connectivity index (χ0) is 8.91. The van der Waals surface area contributed by atoms with Gasteiger partial charge in [-0.15, -0.1) is 0 Å². The fraction of sp³-hybridized carbons (Fsp3) is 1.00. The van der Waals surface area contributed by atoms with Crippen LogP contribution in [0.1, 0.15) is 33.6 Å². The predicted molar refractivity (Wildman–Crippen MR) is 53.3 cm³/mol. The van der Waals surface area contributed by atoms with Gasteiger partial charge in [0, 0.05) is 12.4 Å². The number of ether oxygens (including phenoxy) is 1. The molecule has 0 bridgehead atoms. The molecule has 0 aliphatic heterocycles. The van der Waals surface area contributed by atoms with E-state index in [2.05, 4.69) is 36.7 Å². The molecular weight excluding hydrogens is 204 g/mol. The van der Waals surface area contributed by atoms with Crippen molar-refractivity contribution >= 4 is 15.9 Å². The lowest BCUT2D eigenvalue weighted by Gasteiger charge is -2.23. The van der Waals surface area contributed by atoms with Crippen molar-refractivity contribution < 1.29 is 4.74 Å². The Morgan fingerprint density at radius 2 is 2.00 bits per heavy atom. The summed E-state index contributed by atoms with van der Waals surface area (Å²) in [5.74, 6) is 0.754. The van der Waals surface area contributed by atoms with Crippen LogP contribution in [0.3, 0.4) is 0 Å². The molecule has 0 radical (unpaired) electrons. The maximum absolute atomic E-state index is 5.32. The summed E-state index contributed by atoms with van der Waals surface area (Å²) in [7, 11) is 1.78. The first-order valence-electron chi connectivity index (χ1n) is 4.13. The van der Waals surface area contributed by atoms with E-state index in [9.17, 15) is 0 Å². The van der Waals surface area contributed by atoms with E-state index in [0.717, 1.165) is 17.7 Å². The van der Waals surface area contributed by atoms with Gasteiger partial charge >= 0.3 is 0 Å². The van der Waals surface area contributed by atoms with Gasteiger partial charge in [0.2, 0.25) is 0 Å². The summed E-state index contributed by atoms with van der Waals surface area (Å²) in [6, 6.07) is 0. The van der Waals surface area contributed by atoms with Crippen LogP contribution in [0.15, 0.2) is 0 Å². The SMILES string of the molecule is COC(C)(C)CCC(C)CBr. The molecule has 1 nitrogen and oxygen atoms in total. The Morgan fingerprint density at radius 1 is 1.45 bits per heavy atom. The first kappa shape index (κ1) is 11.4. The van der Waals surface area contributed by atoms with E-state index in [4.69, 9.17) is 4.74 Å². The number of hydrogen-bond acceptors (Lipinski definition) is 1. The van der Waals surface area contributed by atoms with Crippen LogP contribution >= 0.6 is 15.9 Å². The van der Waals surface area contributed by atoms with Crippen LogP contribution in [0.25, 0.3) is 0 Å². The van der Waals surface area contributed by atoms with Crippen molar-refractivity contribution in [2.75, 3.05) is 12.4 Å². The van der Waals surface area contributed by atoms with Gasteiger partial charge in [-0.1, -0.05) is 22.9 Å². The highest BCUT2D eigenvalue weighted by molar-refractivity contribution is 9.09. The molecule has 1 atom stereocenters. The zero-order valence-corrected chi connectivity index (χ0v) is 9.57. The first-order valence-corrected chi connectivity index (χ1v) is 5.25. The van der Waals surface area contributed by atoms with Crippen molar-refractivity contribution in [2.45, 2.75) is 39.2 Å². The monoisotopic (exact) mass is 222 g/mol. The largest absolute Gasteiger partial charge is 0.379 e. The van der Waals surface area contributed by atoms with Gasteiger partial charge in [-0.25, -0.2) is 0 Å². The van der Waals surface area contributed by atoms with Crippen LogP contribution in [-0.4, -0.2) is 18.0 Å². The van der Waals surface area contributed by atoms with Gasteiger partial charge < -0.3 is 4.74 Å². The number of alkyl halides is 1. The lowest BCUT2D eigenvalue weighted by molar-refractivity contribution is 0.0115. The van der Waals surface area contributed by atoms with Crippen LogP contribution in [0.2, 0.25) is 0 Å². The van der Waals surface area contributed by atoms with Gasteiger partial charge in [0.25, 0.3) is 0 Å². The molecule has 1 unspecified atom stereocenters. The number of hydrogen-bond donors (Lipinski definition) is 0. The van der Waals surface area contributed by atoms with Crippen molar-refractivity contribution in [1.29, 1.82) is 0 Å². The second-order valence-electron chi connectivity index (χ2n) is 3.76. The molecule has 0 saturated carbocycles. The fourth-order valence-electron chi connectivity index (χ4n) is 0.773. The lowest BCUT2D eigenvalue weighted by Crippen LogP contribution is -2.23. The molecule has 0 fully saturated rings. The average Bonchev–Trinajstić information content (AvgIpc) is 2.00.